The predicted molar refractivity (Wildman–Crippen MR) is 94.0 cm³/mol. The zero-order valence-electron chi connectivity index (χ0n) is 12.0. The molecule has 0 amide bonds. The van der Waals surface area contributed by atoms with E-state index in [-0.39, 0.29) is 30.0 Å². The van der Waals surface area contributed by atoms with Gasteiger partial charge in [-0.3, -0.25) is 4.99 Å². The van der Waals surface area contributed by atoms with Crippen molar-refractivity contribution in [3.8, 4) is 0 Å². The van der Waals surface area contributed by atoms with Gasteiger partial charge in [-0.05, 0) is 35.2 Å². The molecule has 0 aromatic carbocycles. The third-order valence-corrected chi connectivity index (χ3v) is 3.41. The number of methoxy groups -OCH3 is 1. The Morgan fingerprint density at radius 2 is 2.21 bits per heavy atom. The molecule has 0 bridgehead atoms. The molecule has 0 aliphatic rings. The molecule has 2 unspecified atom stereocenters. The van der Waals surface area contributed by atoms with Crippen LogP contribution in [0.25, 0.3) is 0 Å². The van der Waals surface area contributed by atoms with Crippen molar-refractivity contribution in [2.45, 2.75) is 25.8 Å². The molecule has 0 spiro atoms. The van der Waals surface area contributed by atoms with E-state index in [9.17, 15) is 0 Å². The molecule has 0 fully saturated rings. The van der Waals surface area contributed by atoms with Crippen LogP contribution in [0.1, 0.15) is 25.3 Å². The summed E-state index contributed by atoms with van der Waals surface area (Å²) in [6.45, 7) is 5.82. The van der Waals surface area contributed by atoms with E-state index in [1.165, 1.54) is 5.56 Å². The van der Waals surface area contributed by atoms with Gasteiger partial charge in [0, 0.05) is 26.7 Å². The summed E-state index contributed by atoms with van der Waals surface area (Å²) in [5.41, 5.74) is 1.37. The van der Waals surface area contributed by atoms with E-state index in [0.717, 1.165) is 12.5 Å². The lowest BCUT2D eigenvalue weighted by Crippen LogP contribution is -2.44. The summed E-state index contributed by atoms with van der Waals surface area (Å²) >= 11 is 1.74. The average Bonchev–Trinajstić information content (AvgIpc) is 2.88. The van der Waals surface area contributed by atoms with Crippen LogP contribution in [0.5, 0.6) is 0 Å². The molecule has 1 aromatic heterocycles. The van der Waals surface area contributed by atoms with E-state index in [0.29, 0.717) is 12.5 Å². The highest BCUT2D eigenvalue weighted by molar-refractivity contribution is 14.0. The lowest BCUT2D eigenvalue weighted by Gasteiger charge is -2.19. The molecule has 1 aromatic rings. The highest BCUT2D eigenvalue weighted by atomic mass is 127. The summed E-state index contributed by atoms with van der Waals surface area (Å²) in [6, 6.07) is 2.42. The topological polar surface area (TPSA) is 45.7 Å². The first kappa shape index (κ1) is 18.7. The van der Waals surface area contributed by atoms with Gasteiger partial charge in [-0.25, -0.2) is 0 Å². The first-order chi connectivity index (χ1) is 8.67. The van der Waals surface area contributed by atoms with Crippen LogP contribution in [0.15, 0.2) is 21.8 Å². The summed E-state index contributed by atoms with van der Waals surface area (Å²) in [4.78, 5) is 4.21. The van der Waals surface area contributed by atoms with Crippen LogP contribution >= 0.6 is 35.3 Å². The maximum Gasteiger partial charge on any atom is 0.191 e. The fraction of sp³-hybridized carbons (Fsp3) is 0.615. The van der Waals surface area contributed by atoms with E-state index < -0.39 is 0 Å². The van der Waals surface area contributed by atoms with Gasteiger partial charge < -0.3 is 15.4 Å². The molecular weight excluding hydrogens is 373 g/mol. The molecule has 4 nitrogen and oxygen atoms in total. The van der Waals surface area contributed by atoms with Crippen molar-refractivity contribution in [2.75, 3.05) is 27.3 Å². The number of halogens is 1. The minimum absolute atomic E-state index is 0. The van der Waals surface area contributed by atoms with Crippen LogP contribution in [0.4, 0.5) is 0 Å². The molecule has 2 atom stereocenters. The zero-order chi connectivity index (χ0) is 13.4. The van der Waals surface area contributed by atoms with Crippen molar-refractivity contribution in [2.24, 2.45) is 4.99 Å². The normalized spacial score (nSPS) is 14.4. The third kappa shape index (κ3) is 7.12. The number of thiophene rings is 1. The predicted octanol–water partition coefficient (Wildman–Crippen LogP) is 2.67. The molecular formula is C13H24IN3OS. The summed E-state index contributed by atoms with van der Waals surface area (Å²) < 4.78 is 5.09. The van der Waals surface area contributed by atoms with Crippen LogP contribution in [0, 0.1) is 0 Å². The highest BCUT2D eigenvalue weighted by Crippen LogP contribution is 2.16. The number of guanidine groups is 1. The molecule has 0 radical (unpaired) electrons. The first-order valence-electron chi connectivity index (χ1n) is 6.15. The van der Waals surface area contributed by atoms with Gasteiger partial charge in [0.05, 0.1) is 6.61 Å². The van der Waals surface area contributed by atoms with Gasteiger partial charge >= 0.3 is 0 Å². The van der Waals surface area contributed by atoms with Gasteiger partial charge in [0.25, 0.3) is 0 Å². The second kappa shape index (κ2) is 10.4. The highest BCUT2D eigenvalue weighted by Gasteiger charge is 2.08. The second-order valence-corrected chi connectivity index (χ2v) is 5.19. The molecule has 1 rings (SSSR count). The van der Waals surface area contributed by atoms with E-state index >= 15 is 0 Å². The Labute approximate surface area is 137 Å². The van der Waals surface area contributed by atoms with E-state index in [2.05, 4.69) is 46.3 Å². The van der Waals surface area contributed by atoms with Gasteiger partial charge in [-0.15, -0.1) is 24.0 Å². The fourth-order valence-electron chi connectivity index (χ4n) is 1.64. The van der Waals surface area contributed by atoms with Crippen molar-refractivity contribution in [3.05, 3.63) is 22.4 Å². The van der Waals surface area contributed by atoms with Crippen LogP contribution in [0.3, 0.4) is 0 Å². The Bertz CT molecular complexity index is 357. The summed E-state index contributed by atoms with van der Waals surface area (Å²) in [7, 11) is 3.48. The van der Waals surface area contributed by atoms with Crippen LogP contribution in [0.2, 0.25) is 0 Å². The van der Waals surface area contributed by atoms with Gasteiger partial charge in [-0.2, -0.15) is 11.3 Å². The Morgan fingerprint density at radius 3 is 2.74 bits per heavy atom. The molecule has 0 aliphatic heterocycles. The molecule has 0 aliphatic carbocycles. The van der Waals surface area contributed by atoms with Crippen LogP contribution in [-0.4, -0.2) is 39.3 Å². The van der Waals surface area contributed by atoms with Crippen molar-refractivity contribution in [3.63, 3.8) is 0 Å². The molecule has 6 heteroatoms. The molecule has 19 heavy (non-hydrogen) atoms. The number of nitrogens with zero attached hydrogens (tertiary/aromatic N) is 1. The van der Waals surface area contributed by atoms with Crippen molar-refractivity contribution in [1.29, 1.82) is 0 Å². The molecule has 0 saturated carbocycles. The summed E-state index contributed by atoms with van der Waals surface area (Å²) in [5, 5.41) is 10.9. The Hall–Kier alpha value is -0.340. The zero-order valence-corrected chi connectivity index (χ0v) is 15.1. The van der Waals surface area contributed by atoms with Crippen LogP contribution in [-0.2, 0) is 4.74 Å². The Kier molecular flexibility index (Phi) is 10.3. The van der Waals surface area contributed by atoms with Crippen molar-refractivity contribution < 1.29 is 4.74 Å². The number of hydrogen-bond acceptors (Lipinski definition) is 3. The second-order valence-electron chi connectivity index (χ2n) is 4.41. The molecule has 0 saturated heterocycles. The smallest absolute Gasteiger partial charge is 0.191 e. The number of aliphatic imine (C=N–C) groups is 1. The van der Waals surface area contributed by atoms with E-state index in [1.54, 1.807) is 25.5 Å². The monoisotopic (exact) mass is 397 g/mol. The largest absolute Gasteiger partial charge is 0.383 e. The third-order valence-electron chi connectivity index (χ3n) is 2.71. The number of rotatable bonds is 6. The average molecular weight is 397 g/mol. The SMILES string of the molecule is CN=C(NCC(C)c1ccsc1)NC(C)COC.I. The van der Waals surface area contributed by atoms with E-state index in [4.69, 9.17) is 4.74 Å². The first-order valence-corrected chi connectivity index (χ1v) is 7.09. The molecule has 1 heterocycles. The minimum Gasteiger partial charge on any atom is -0.383 e. The summed E-state index contributed by atoms with van der Waals surface area (Å²) in [5.74, 6) is 1.30. The maximum atomic E-state index is 5.09. The van der Waals surface area contributed by atoms with Crippen molar-refractivity contribution >= 4 is 41.3 Å². The quantitative estimate of drug-likeness (QED) is 0.441. The van der Waals surface area contributed by atoms with Gasteiger partial charge in [-0.1, -0.05) is 6.92 Å². The maximum absolute atomic E-state index is 5.09. The minimum atomic E-state index is 0. The Balaban J connectivity index is 0.00000324. The lowest BCUT2D eigenvalue weighted by molar-refractivity contribution is 0.179. The van der Waals surface area contributed by atoms with Crippen molar-refractivity contribution in [1.82, 2.24) is 10.6 Å². The standard InChI is InChI=1S/C13H23N3OS.HI/c1-10(12-5-6-18-9-12)7-15-13(14-3)16-11(2)8-17-4;/h5-6,9-11H,7-8H2,1-4H3,(H2,14,15,16);1H. The lowest BCUT2D eigenvalue weighted by atomic mass is 10.1. The number of hydrogen-bond donors (Lipinski definition) is 2. The van der Waals surface area contributed by atoms with E-state index in [1.807, 2.05) is 0 Å². The molecule has 110 valence electrons. The van der Waals surface area contributed by atoms with Crippen LogP contribution < -0.4 is 10.6 Å². The fourth-order valence-corrected chi connectivity index (χ4v) is 2.43. The van der Waals surface area contributed by atoms with Gasteiger partial charge in [0.1, 0.15) is 0 Å². The van der Waals surface area contributed by atoms with Gasteiger partial charge in [0.2, 0.25) is 0 Å². The number of ether oxygens (including phenoxy) is 1. The summed E-state index contributed by atoms with van der Waals surface area (Å²) in [6.07, 6.45) is 0. The Morgan fingerprint density at radius 1 is 1.47 bits per heavy atom. The molecule has 2 N–H and O–H groups in total. The number of nitrogens with one attached hydrogen (secondary N) is 2. The van der Waals surface area contributed by atoms with Gasteiger partial charge in [0.15, 0.2) is 5.96 Å².